The predicted octanol–water partition coefficient (Wildman–Crippen LogP) is 4.79. The van der Waals surface area contributed by atoms with Gasteiger partial charge in [0.2, 0.25) is 0 Å². The Labute approximate surface area is 125 Å². The van der Waals surface area contributed by atoms with Crippen LogP contribution in [-0.4, -0.2) is 16.5 Å². The van der Waals surface area contributed by atoms with Crippen molar-refractivity contribution >= 4 is 17.4 Å². The molecule has 4 heteroatoms. The minimum Gasteiger partial charge on any atom is -0.370 e. The summed E-state index contributed by atoms with van der Waals surface area (Å²) in [4.78, 5) is 8.79. The van der Waals surface area contributed by atoms with Gasteiger partial charge >= 0.3 is 0 Å². The minimum atomic E-state index is 0.468. The van der Waals surface area contributed by atoms with Gasteiger partial charge < -0.3 is 5.32 Å². The van der Waals surface area contributed by atoms with Gasteiger partial charge in [-0.05, 0) is 6.42 Å². The van der Waals surface area contributed by atoms with Gasteiger partial charge in [-0.3, -0.25) is 0 Å². The molecule has 0 atom stereocenters. The first kappa shape index (κ1) is 14.8. The molecule has 20 heavy (non-hydrogen) atoms. The highest BCUT2D eigenvalue weighted by atomic mass is 35.5. The molecular weight excluding hydrogens is 270 g/mol. The maximum Gasteiger partial charge on any atom is 0.163 e. The Balaban J connectivity index is 2.02. The Hall–Kier alpha value is -1.61. The standard InChI is InChI=1S/C16H20ClN3/c1-2-3-4-8-11-18-15-12-14(17)19-16(20-15)13-9-6-5-7-10-13/h5-7,9-10,12H,2-4,8,11H2,1H3,(H,18,19,20). The molecule has 0 fully saturated rings. The molecule has 106 valence electrons. The number of nitrogens with zero attached hydrogens (tertiary/aromatic N) is 2. The van der Waals surface area contributed by atoms with Crippen molar-refractivity contribution in [1.29, 1.82) is 0 Å². The van der Waals surface area contributed by atoms with Crippen molar-refractivity contribution < 1.29 is 0 Å². The first-order valence-electron chi connectivity index (χ1n) is 7.13. The fraction of sp³-hybridized carbons (Fsp3) is 0.375. The maximum absolute atomic E-state index is 6.07. The normalized spacial score (nSPS) is 10.5. The summed E-state index contributed by atoms with van der Waals surface area (Å²) in [6, 6.07) is 11.6. The second-order valence-electron chi connectivity index (χ2n) is 4.75. The van der Waals surface area contributed by atoms with E-state index in [0.29, 0.717) is 11.0 Å². The Morgan fingerprint density at radius 3 is 2.60 bits per heavy atom. The van der Waals surface area contributed by atoms with Crippen LogP contribution in [0.2, 0.25) is 5.15 Å². The number of rotatable bonds is 7. The van der Waals surface area contributed by atoms with Gasteiger partial charge in [-0.1, -0.05) is 68.1 Å². The van der Waals surface area contributed by atoms with E-state index in [9.17, 15) is 0 Å². The lowest BCUT2D eigenvalue weighted by molar-refractivity contribution is 0.684. The molecule has 1 N–H and O–H groups in total. The summed E-state index contributed by atoms with van der Waals surface area (Å²) in [5.74, 6) is 1.45. The van der Waals surface area contributed by atoms with E-state index in [1.54, 1.807) is 6.07 Å². The molecule has 0 amide bonds. The van der Waals surface area contributed by atoms with Crippen LogP contribution in [0.1, 0.15) is 32.6 Å². The van der Waals surface area contributed by atoms with Crippen LogP contribution in [-0.2, 0) is 0 Å². The first-order chi connectivity index (χ1) is 9.79. The van der Waals surface area contributed by atoms with E-state index in [2.05, 4.69) is 22.2 Å². The minimum absolute atomic E-state index is 0.468. The molecule has 0 spiro atoms. The van der Waals surface area contributed by atoms with Crippen molar-refractivity contribution in [1.82, 2.24) is 9.97 Å². The van der Waals surface area contributed by atoms with E-state index < -0.39 is 0 Å². The molecule has 0 saturated heterocycles. The van der Waals surface area contributed by atoms with Gasteiger partial charge in [0.15, 0.2) is 5.82 Å². The molecule has 0 saturated carbocycles. The average Bonchev–Trinajstić information content (AvgIpc) is 2.47. The molecule has 2 aromatic rings. The fourth-order valence-corrected chi connectivity index (χ4v) is 2.18. The van der Waals surface area contributed by atoms with E-state index in [1.807, 2.05) is 30.3 Å². The maximum atomic E-state index is 6.07. The number of hydrogen-bond donors (Lipinski definition) is 1. The third-order valence-corrected chi connectivity index (χ3v) is 3.26. The zero-order chi connectivity index (χ0) is 14.2. The highest BCUT2D eigenvalue weighted by Gasteiger charge is 2.05. The molecule has 0 radical (unpaired) electrons. The van der Waals surface area contributed by atoms with Crippen LogP contribution < -0.4 is 5.32 Å². The topological polar surface area (TPSA) is 37.8 Å². The second-order valence-corrected chi connectivity index (χ2v) is 5.14. The van der Waals surface area contributed by atoms with E-state index in [4.69, 9.17) is 11.6 Å². The van der Waals surface area contributed by atoms with Gasteiger partial charge in [0.05, 0.1) is 0 Å². The van der Waals surface area contributed by atoms with Crippen molar-refractivity contribution in [2.24, 2.45) is 0 Å². The van der Waals surface area contributed by atoms with Crippen molar-refractivity contribution in [3.8, 4) is 11.4 Å². The largest absolute Gasteiger partial charge is 0.370 e. The van der Waals surface area contributed by atoms with Gasteiger partial charge in [0.1, 0.15) is 11.0 Å². The van der Waals surface area contributed by atoms with Crippen LogP contribution in [0.3, 0.4) is 0 Å². The lowest BCUT2D eigenvalue weighted by atomic mass is 10.2. The molecule has 1 heterocycles. The number of unbranched alkanes of at least 4 members (excludes halogenated alkanes) is 3. The summed E-state index contributed by atoms with van der Waals surface area (Å²) < 4.78 is 0. The monoisotopic (exact) mass is 289 g/mol. The van der Waals surface area contributed by atoms with Gasteiger partial charge in [0.25, 0.3) is 0 Å². The average molecular weight is 290 g/mol. The molecule has 0 bridgehead atoms. The number of hydrogen-bond acceptors (Lipinski definition) is 3. The molecule has 0 aliphatic heterocycles. The highest BCUT2D eigenvalue weighted by molar-refractivity contribution is 6.29. The second kappa shape index (κ2) is 7.85. The number of anilines is 1. The van der Waals surface area contributed by atoms with E-state index in [1.165, 1.54) is 19.3 Å². The predicted molar refractivity (Wildman–Crippen MR) is 85.1 cm³/mol. The summed E-state index contributed by atoms with van der Waals surface area (Å²) in [6.45, 7) is 3.13. The summed E-state index contributed by atoms with van der Waals surface area (Å²) in [5, 5.41) is 3.79. The Bertz CT molecular complexity index is 529. The number of halogens is 1. The summed E-state index contributed by atoms with van der Waals surface area (Å²) in [6.07, 6.45) is 4.92. The van der Waals surface area contributed by atoms with Crippen LogP contribution >= 0.6 is 11.6 Å². The molecule has 1 aromatic heterocycles. The Kier molecular flexibility index (Phi) is 5.81. The van der Waals surface area contributed by atoms with Crippen LogP contribution in [0.4, 0.5) is 5.82 Å². The summed E-state index contributed by atoms with van der Waals surface area (Å²) in [5.41, 5.74) is 0.976. The van der Waals surface area contributed by atoms with E-state index >= 15 is 0 Å². The first-order valence-corrected chi connectivity index (χ1v) is 7.51. The van der Waals surface area contributed by atoms with E-state index in [-0.39, 0.29) is 0 Å². The quantitative estimate of drug-likeness (QED) is 0.588. The Morgan fingerprint density at radius 1 is 1.05 bits per heavy atom. The third kappa shape index (κ3) is 4.49. The fourth-order valence-electron chi connectivity index (χ4n) is 1.99. The zero-order valence-electron chi connectivity index (χ0n) is 11.8. The lowest BCUT2D eigenvalue weighted by Gasteiger charge is -2.08. The van der Waals surface area contributed by atoms with Gasteiger partial charge in [-0.25, -0.2) is 9.97 Å². The van der Waals surface area contributed by atoms with Crippen LogP contribution in [0.5, 0.6) is 0 Å². The van der Waals surface area contributed by atoms with Gasteiger partial charge in [-0.15, -0.1) is 0 Å². The number of benzene rings is 1. The van der Waals surface area contributed by atoms with Crippen LogP contribution in [0.25, 0.3) is 11.4 Å². The van der Waals surface area contributed by atoms with Crippen LogP contribution in [0.15, 0.2) is 36.4 Å². The van der Waals surface area contributed by atoms with Gasteiger partial charge in [-0.2, -0.15) is 0 Å². The number of aromatic nitrogens is 2. The lowest BCUT2D eigenvalue weighted by Crippen LogP contribution is -2.04. The molecule has 3 nitrogen and oxygen atoms in total. The van der Waals surface area contributed by atoms with Crippen molar-refractivity contribution in [3.63, 3.8) is 0 Å². The van der Waals surface area contributed by atoms with Crippen molar-refractivity contribution in [2.45, 2.75) is 32.6 Å². The van der Waals surface area contributed by atoms with Crippen LogP contribution in [0, 0.1) is 0 Å². The smallest absolute Gasteiger partial charge is 0.163 e. The Morgan fingerprint density at radius 2 is 1.85 bits per heavy atom. The van der Waals surface area contributed by atoms with Crippen molar-refractivity contribution in [3.05, 3.63) is 41.6 Å². The molecule has 2 rings (SSSR count). The highest BCUT2D eigenvalue weighted by Crippen LogP contribution is 2.20. The molecule has 1 aromatic carbocycles. The van der Waals surface area contributed by atoms with E-state index in [0.717, 1.165) is 24.3 Å². The molecule has 0 unspecified atom stereocenters. The van der Waals surface area contributed by atoms with Crippen molar-refractivity contribution in [2.75, 3.05) is 11.9 Å². The molecular formula is C16H20ClN3. The third-order valence-electron chi connectivity index (χ3n) is 3.06. The molecule has 0 aliphatic carbocycles. The summed E-state index contributed by atoms with van der Waals surface area (Å²) >= 11 is 6.07. The number of nitrogens with one attached hydrogen (secondary N) is 1. The summed E-state index contributed by atoms with van der Waals surface area (Å²) in [7, 11) is 0. The zero-order valence-corrected chi connectivity index (χ0v) is 12.5. The molecule has 0 aliphatic rings. The van der Waals surface area contributed by atoms with Gasteiger partial charge in [0, 0.05) is 18.2 Å². The SMILES string of the molecule is CCCCCCNc1cc(Cl)nc(-c2ccccc2)n1.